The van der Waals surface area contributed by atoms with Crippen LogP contribution in [-0.2, 0) is 12.8 Å². The Bertz CT molecular complexity index is 647. The molecule has 0 saturated heterocycles. The third-order valence-electron chi connectivity index (χ3n) is 3.86. The third-order valence-corrected chi connectivity index (χ3v) is 3.86. The Balaban J connectivity index is 1.64. The molecular weight excluding hydrogens is 267 g/mol. The molecule has 2 nitrogen and oxygen atoms in total. The van der Waals surface area contributed by atoms with Crippen molar-refractivity contribution in [3.05, 3.63) is 65.0 Å². The number of rotatable bonds is 4. The zero-order valence-electron chi connectivity index (χ0n) is 11.8. The molecule has 0 aromatic heterocycles. The average Bonchev–Trinajstić information content (AvgIpc) is 2.53. The van der Waals surface area contributed by atoms with E-state index in [0.29, 0.717) is 5.56 Å². The van der Waals surface area contributed by atoms with Crippen LogP contribution in [0, 0.1) is 5.82 Å². The lowest BCUT2D eigenvalue weighted by molar-refractivity contribution is 0.0921. The topological polar surface area (TPSA) is 26.3 Å². The molecule has 0 fully saturated rings. The molecule has 0 radical (unpaired) electrons. The fourth-order valence-corrected chi connectivity index (χ4v) is 2.67. The first-order valence-corrected chi connectivity index (χ1v) is 7.26. The lowest BCUT2D eigenvalue weighted by Gasteiger charge is -2.16. The van der Waals surface area contributed by atoms with E-state index in [-0.39, 0.29) is 18.2 Å². The summed E-state index contributed by atoms with van der Waals surface area (Å²) >= 11 is 0. The lowest BCUT2D eigenvalue weighted by Crippen LogP contribution is -2.12. The normalized spacial score (nSPS) is 13.6. The summed E-state index contributed by atoms with van der Waals surface area (Å²) in [6, 6.07) is 11.6. The fraction of sp³-hybridized carbons (Fsp3) is 0.278. The number of ketones is 1. The van der Waals surface area contributed by atoms with Gasteiger partial charge in [-0.25, -0.2) is 4.39 Å². The van der Waals surface area contributed by atoms with Crippen LogP contribution < -0.4 is 4.74 Å². The van der Waals surface area contributed by atoms with Gasteiger partial charge in [-0.1, -0.05) is 6.07 Å². The maximum absolute atomic E-state index is 12.8. The van der Waals surface area contributed by atoms with Gasteiger partial charge in [0.15, 0.2) is 12.4 Å². The first-order chi connectivity index (χ1) is 10.2. The molecule has 2 aromatic carbocycles. The largest absolute Gasteiger partial charge is 0.485 e. The Morgan fingerprint density at radius 1 is 1.00 bits per heavy atom. The zero-order chi connectivity index (χ0) is 14.7. The van der Waals surface area contributed by atoms with E-state index in [0.717, 1.165) is 18.6 Å². The standard InChI is InChI=1S/C18H17FO2/c19-16-8-5-14(6-9-16)18(20)12-21-17-10-7-13-3-1-2-4-15(13)11-17/h5-11H,1-4,12H2. The number of ether oxygens (including phenoxy) is 1. The summed E-state index contributed by atoms with van der Waals surface area (Å²) in [5.74, 6) is 0.237. The molecule has 1 aliphatic rings. The second-order valence-corrected chi connectivity index (χ2v) is 5.36. The van der Waals surface area contributed by atoms with Crippen molar-refractivity contribution >= 4 is 5.78 Å². The van der Waals surface area contributed by atoms with E-state index in [9.17, 15) is 9.18 Å². The number of carbonyl (C=O) groups excluding carboxylic acids is 1. The molecule has 0 aliphatic heterocycles. The molecule has 0 heterocycles. The van der Waals surface area contributed by atoms with Crippen molar-refractivity contribution in [2.75, 3.05) is 6.61 Å². The Morgan fingerprint density at radius 2 is 1.71 bits per heavy atom. The minimum Gasteiger partial charge on any atom is -0.485 e. The van der Waals surface area contributed by atoms with Crippen molar-refractivity contribution in [3.8, 4) is 5.75 Å². The first kappa shape index (κ1) is 13.8. The van der Waals surface area contributed by atoms with Crippen molar-refractivity contribution < 1.29 is 13.9 Å². The maximum Gasteiger partial charge on any atom is 0.200 e. The number of benzene rings is 2. The van der Waals surface area contributed by atoms with E-state index in [1.807, 2.05) is 12.1 Å². The Hall–Kier alpha value is -2.16. The Morgan fingerprint density at radius 3 is 2.48 bits per heavy atom. The van der Waals surface area contributed by atoms with Crippen molar-refractivity contribution in [2.45, 2.75) is 25.7 Å². The van der Waals surface area contributed by atoms with Crippen LogP contribution in [0.5, 0.6) is 5.75 Å². The van der Waals surface area contributed by atoms with Gasteiger partial charge in [-0.15, -0.1) is 0 Å². The smallest absolute Gasteiger partial charge is 0.200 e. The Labute approximate surface area is 123 Å². The monoisotopic (exact) mass is 284 g/mol. The molecule has 0 unspecified atom stereocenters. The fourth-order valence-electron chi connectivity index (χ4n) is 2.67. The molecule has 3 heteroatoms. The minimum absolute atomic E-state index is 0.0234. The van der Waals surface area contributed by atoms with Gasteiger partial charge in [0.25, 0.3) is 0 Å². The summed E-state index contributed by atoms with van der Waals surface area (Å²) in [6.45, 7) is -0.0234. The van der Waals surface area contributed by atoms with Gasteiger partial charge in [0.1, 0.15) is 11.6 Å². The van der Waals surface area contributed by atoms with Crippen molar-refractivity contribution in [1.29, 1.82) is 0 Å². The van der Waals surface area contributed by atoms with E-state index in [2.05, 4.69) is 6.07 Å². The van der Waals surface area contributed by atoms with Gasteiger partial charge in [0.05, 0.1) is 0 Å². The van der Waals surface area contributed by atoms with Crippen molar-refractivity contribution in [2.24, 2.45) is 0 Å². The number of Topliss-reactive ketones (excluding diaryl/α,β-unsaturated/α-hetero) is 1. The van der Waals surface area contributed by atoms with Gasteiger partial charge in [-0.3, -0.25) is 4.79 Å². The molecule has 21 heavy (non-hydrogen) atoms. The predicted molar refractivity (Wildman–Crippen MR) is 79.3 cm³/mol. The number of hydrogen-bond donors (Lipinski definition) is 0. The molecule has 2 aromatic rings. The van der Waals surface area contributed by atoms with Crippen molar-refractivity contribution in [3.63, 3.8) is 0 Å². The van der Waals surface area contributed by atoms with Crippen LogP contribution >= 0.6 is 0 Å². The highest BCUT2D eigenvalue weighted by molar-refractivity contribution is 5.97. The molecule has 0 amide bonds. The molecule has 3 rings (SSSR count). The number of aryl methyl sites for hydroxylation is 2. The van der Waals surface area contributed by atoms with Gasteiger partial charge < -0.3 is 4.74 Å². The summed E-state index contributed by atoms with van der Waals surface area (Å²) < 4.78 is 18.4. The van der Waals surface area contributed by atoms with Crippen LogP contribution in [0.1, 0.15) is 34.3 Å². The quantitative estimate of drug-likeness (QED) is 0.794. The van der Waals surface area contributed by atoms with Gasteiger partial charge >= 0.3 is 0 Å². The lowest BCUT2D eigenvalue weighted by atomic mass is 9.92. The predicted octanol–water partition coefficient (Wildman–Crippen LogP) is 3.97. The van der Waals surface area contributed by atoms with Gasteiger partial charge in [0.2, 0.25) is 0 Å². The number of carbonyl (C=O) groups is 1. The molecule has 0 saturated carbocycles. The molecule has 0 N–H and O–H groups in total. The zero-order valence-corrected chi connectivity index (χ0v) is 11.8. The molecule has 108 valence electrons. The molecule has 0 atom stereocenters. The summed E-state index contributed by atoms with van der Waals surface area (Å²) in [4.78, 5) is 12.0. The van der Waals surface area contributed by atoms with Crippen LogP contribution in [0.15, 0.2) is 42.5 Å². The summed E-state index contributed by atoms with van der Waals surface area (Å²) in [6.07, 6.45) is 4.67. The highest BCUT2D eigenvalue weighted by Crippen LogP contribution is 2.25. The second kappa shape index (κ2) is 6.08. The Kier molecular flexibility index (Phi) is 4.00. The summed E-state index contributed by atoms with van der Waals surface area (Å²) in [5.41, 5.74) is 3.18. The van der Waals surface area contributed by atoms with E-state index < -0.39 is 0 Å². The minimum atomic E-state index is -0.345. The highest BCUT2D eigenvalue weighted by Gasteiger charge is 2.11. The van der Waals surface area contributed by atoms with Crippen molar-refractivity contribution in [1.82, 2.24) is 0 Å². The summed E-state index contributed by atoms with van der Waals surface area (Å²) in [5, 5.41) is 0. The third kappa shape index (κ3) is 3.30. The summed E-state index contributed by atoms with van der Waals surface area (Å²) in [7, 11) is 0. The van der Waals surface area contributed by atoms with Crippen LogP contribution in [0.2, 0.25) is 0 Å². The molecular formula is C18H17FO2. The maximum atomic E-state index is 12.8. The number of fused-ring (bicyclic) bond motifs is 1. The van der Waals surface area contributed by atoms with E-state index in [1.54, 1.807) is 0 Å². The van der Waals surface area contributed by atoms with E-state index in [4.69, 9.17) is 4.74 Å². The SMILES string of the molecule is O=C(COc1ccc2c(c1)CCCC2)c1ccc(F)cc1. The number of halogens is 1. The van der Waals surface area contributed by atoms with Crippen LogP contribution in [0.3, 0.4) is 0 Å². The van der Waals surface area contributed by atoms with E-state index >= 15 is 0 Å². The van der Waals surface area contributed by atoms with Gasteiger partial charge in [-0.05, 0) is 73.2 Å². The number of hydrogen-bond acceptors (Lipinski definition) is 2. The average molecular weight is 284 g/mol. The molecule has 0 bridgehead atoms. The van der Waals surface area contributed by atoms with Gasteiger partial charge in [0, 0.05) is 5.56 Å². The van der Waals surface area contributed by atoms with E-state index in [1.165, 1.54) is 48.2 Å². The van der Waals surface area contributed by atoms with Crippen LogP contribution in [0.4, 0.5) is 4.39 Å². The van der Waals surface area contributed by atoms with Gasteiger partial charge in [-0.2, -0.15) is 0 Å². The second-order valence-electron chi connectivity index (χ2n) is 5.36. The highest BCUT2D eigenvalue weighted by atomic mass is 19.1. The molecule has 1 aliphatic carbocycles. The van der Waals surface area contributed by atoms with Crippen LogP contribution in [0.25, 0.3) is 0 Å². The van der Waals surface area contributed by atoms with Crippen LogP contribution in [-0.4, -0.2) is 12.4 Å². The first-order valence-electron chi connectivity index (χ1n) is 7.26. The molecule has 0 spiro atoms.